The second-order valence-electron chi connectivity index (χ2n) is 3.88. The lowest BCUT2D eigenvalue weighted by molar-refractivity contribution is 0.302. The number of pyridine rings is 1. The van der Waals surface area contributed by atoms with Crippen LogP contribution in [0.25, 0.3) is 10.9 Å². The Kier molecular flexibility index (Phi) is 3.44. The molecule has 0 bridgehead atoms. The minimum atomic E-state index is 0.115. The van der Waals surface area contributed by atoms with Crippen LogP contribution in [0.4, 0.5) is 11.4 Å². The molecule has 2 aromatic rings. The molecule has 4 nitrogen and oxygen atoms in total. The molecule has 0 saturated carbocycles. The summed E-state index contributed by atoms with van der Waals surface area (Å²) < 4.78 is 0. The minimum absolute atomic E-state index is 0.115. The summed E-state index contributed by atoms with van der Waals surface area (Å²) in [5.74, 6) is 0. The van der Waals surface area contributed by atoms with Crippen LogP contribution in [0.5, 0.6) is 0 Å². The van der Waals surface area contributed by atoms with Crippen molar-refractivity contribution < 1.29 is 5.11 Å². The zero-order valence-corrected chi connectivity index (χ0v) is 9.93. The van der Waals surface area contributed by atoms with Gasteiger partial charge in [0.1, 0.15) is 0 Å². The first-order chi connectivity index (χ1) is 8.27. The van der Waals surface area contributed by atoms with Gasteiger partial charge in [-0.15, -0.1) is 0 Å². The van der Waals surface area contributed by atoms with Gasteiger partial charge in [-0.05, 0) is 13.0 Å². The number of likely N-dealkylation sites (N-methyl/N-ethyl adjacent to an activating group) is 1. The first-order valence-corrected chi connectivity index (χ1v) is 5.77. The highest BCUT2D eigenvalue weighted by Gasteiger charge is 2.12. The molecule has 3 N–H and O–H groups in total. The lowest BCUT2D eigenvalue weighted by atomic mass is 10.1. The van der Waals surface area contributed by atoms with Gasteiger partial charge in [-0.1, -0.05) is 18.2 Å². The molecule has 2 rings (SSSR count). The SMILES string of the molecule is CCN(CCO)c1c(N)cnc2ccccc12. The Hall–Kier alpha value is -1.81. The van der Waals surface area contributed by atoms with Gasteiger partial charge in [-0.25, -0.2) is 0 Å². The van der Waals surface area contributed by atoms with Gasteiger partial charge in [0.15, 0.2) is 0 Å². The number of aliphatic hydroxyl groups is 1. The van der Waals surface area contributed by atoms with E-state index in [1.165, 1.54) is 0 Å². The predicted octanol–water partition coefficient (Wildman–Crippen LogP) is 1.64. The molecule has 1 aromatic carbocycles. The van der Waals surface area contributed by atoms with Crippen LogP contribution < -0.4 is 10.6 Å². The van der Waals surface area contributed by atoms with Gasteiger partial charge in [0.2, 0.25) is 0 Å². The van der Waals surface area contributed by atoms with E-state index in [2.05, 4.69) is 9.88 Å². The quantitative estimate of drug-likeness (QED) is 0.839. The molecule has 0 aliphatic heterocycles. The fourth-order valence-electron chi connectivity index (χ4n) is 2.04. The largest absolute Gasteiger partial charge is 0.396 e. The Bertz CT molecular complexity index is 513. The smallest absolute Gasteiger partial charge is 0.0745 e. The zero-order valence-electron chi connectivity index (χ0n) is 9.93. The summed E-state index contributed by atoms with van der Waals surface area (Å²) in [4.78, 5) is 6.37. The standard InChI is InChI=1S/C13H17N3O/c1-2-16(7-8-17)13-10-5-3-4-6-12(10)15-9-11(13)14/h3-6,9,17H,2,7-8,14H2,1H3. The molecule has 1 aromatic heterocycles. The molecule has 4 heteroatoms. The molecule has 90 valence electrons. The van der Waals surface area contributed by atoms with Gasteiger partial charge in [0, 0.05) is 18.5 Å². The molecule has 17 heavy (non-hydrogen) atoms. The van der Waals surface area contributed by atoms with Crippen molar-refractivity contribution in [2.45, 2.75) is 6.92 Å². The van der Waals surface area contributed by atoms with Gasteiger partial charge >= 0.3 is 0 Å². The van der Waals surface area contributed by atoms with Crippen LogP contribution in [0.3, 0.4) is 0 Å². The number of hydrogen-bond acceptors (Lipinski definition) is 4. The molecule has 0 spiro atoms. The van der Waals surface area contributed by atoms with Crippen molar-refractivity contribution in [3.8, 4) is 0 Å². The van der Waals surface area contributed by atoms with Crippen LogP contribution in [0.15, 0.2) is 30.5 Å². The van der Waals surface area contributed by atoms with Crippen LogP contribution in [0, 0.1) is 0 Å². The number of benzene rings is 1. The number of aromatic nitrogens is 1. The number of rotatable bonds is 4. The molecule has 0 aliphatic carbocycles. The Morgan fingerprint density at radius 1 is 1.35 bits per heavy atom. The molecule has 0 aliphatic rings. The second-order valence-corrected chi connectivity index (χ2v) is 3.88. The highest BCUT2D eigenvalue weighted by Crippen LogP contribution is 2.30. The maximum atomic E-state index is 9.09. The molecule has 0 radical (unpaired) electrons. The first-order valence-electron chi connectivity index (χ1n) is 5.77. The van der Waals surface area contributed by atoms with Crippen molar-refractivity contribution in [3.63, 3.8) is 0 Å². The van der Waals surface area contributed by atoms with Crippen molar-refractivity contribution in [2.75, 3.05) is 30.3 Å². The van der Waals surface area contributed by atoms with E-state index in [-0.39, 0.29) is 6.61 Å². The summed E-state index contributed by atoms with van der Waals surface area (Å²) in [5, 5.41) is 10.1. The van der Waals surface area contributed by atoms with Gasteiger partial charge in [0.25, 0.3) is 0 Å². The number of nitrogens with two attached hydrogens (primary N) is 1. The van der Waals surface area contributed by atoms with E-state index >= 15 is 0 Å². The summed E-state index contributed by atoms with van der Waals surface area (Å²) in [6, 6.07) is 7.90. The number of aliphatic hydroxyl groups excluding tert-OH is 1. The second kappa shape index (κ2) is 5.01. The fraction of sp³-hybridized carbons (Fsp3) is 0.308. The lowest BCUT2D eigenvalue weighted by Crippen LogP contribution is -2.27. The van der Waals surface area contributed by atoms with Crippen molar-refractivity contribution >= 4 is 22.3 Å². The average Bonchev–Trinajstić information content (AvgIpc) is 2.37. The van der Waals surface area contributed by atoms with E-state index in [1.54, 1.807) is 6.20 Å². The first kappa shape index (κ1) is 11.7. The van der Waals surface area contributed by atoms with Gasteiger partial charge in [-0.2, -0.15) is 0 Å². The third kappa shape index (κ3) is 2.17. The number of anilines is 2. The highest BCUT2D eigenvalue weighted by molar-refractivity contribution is 5.97. The Morgan fingerprint density at radius 2 is 2.12 bits per heavy atom. The van der Waals surface area contributed by atoms with Crippen molar-refractivity contribution in [3.05, 3.63) is 30.5 Å². The van der Waals surface area contributed by atoms with Crippen molar-refractivity contribution in [1.82, 2.24) is 4.98 Å². The van der Waals surface area contributed by atoms with Crippen molar-refractivity contribution in [2.24, 2.45) is 0 Å². The summed E-state index contributed by atoms with van der Waals surface area (Å²) in [6.07, 6.45) is 1.68. The van der Waals surface area contributed by atoms with Crippen molar-refractivity contribution in [1.29, 1.82) is 0 Å². The number of nitrogen functional groups attached to an aromatic ring is 1. The third-order valence-electron chi connectivity index (χ3n) is 2.84. The topological polar surface area (TPSA) is 62.4 Å². The zero-order chi connectivity index (χ0) is 12.3. The molecular formula is C13H17N3O. The Balaban J connectivity index is 2.60. The molecule has 0 amide bonds. The molecule has 0 fully saturated rings. The van der Waals surface area contributed by atoms with Gasteiger partial charge in [-0.3, -0.25) is 4.98 Å². The molecule has 1 heterocycles. The normalized spacial score (nSPS) is 10.7. The van der Waals surface area contributed by atoms with Gasteiger partial charge < -0.3 is 15.7 Å². The van der Waals surface area contributed by atoms with E-state index in [4.69, 9.17) is 10.8 Å². The third-order valence-corrected chi connectivity index (χ3v) is 2.84. The summed E-state index contributed by atoms with van der Waals surface area (Å²) in [7, 11) is 0. The summed E-state index contributed by atoms with van der Waals surface area (Å²) in [5.41, 5.74) is 8.55. The number of fused-ring (bicyclic) bond motifs is 1. The number of nitrogens with zero attached hydrogens (tertiary/aromatic N) is 2. The van der Waals surface area contributed by atoms with E-state index < -0.39 is 0 Å². The van der Waals surface area contributed by atoms with E-state index in [1.807, 2.05) is 31.2 Å². The van der Waals surface area contributed by atoms with E-state index in [0.717, 1.165) is 23.1 Å². The highest BCUT2D eigenvalue weighted by atomic mass is 16.3. The van der Waals surface area contributed by atoms with Crippen LogP contribution in [-0.2, 0) is 0 Å². The van der Waals surface area contributed by atoms with Gasteiger partial charge in [0.05, 0.1) is 29.7 Å². The van der Waals surface area contributed by atoms with Crippen LogP contribution >= 0.6 is 0 Å². The Morgan fingerprint density at radius 3 is 2.82 bits per heavy atom. The molecule has 0 saturated heterocycles. The predicted molar refractivity (Wildman–Crippen MR) is 71.1 cm³/mol. The van der Waals surface area contributed by atoms with E-state index in [9.17, 15) is 0 Å². The summed E-state index contributed by atoms with van der Waals surface area (Å²) >= 11 is 0. The minimum Gasteiger partial charge on any atom is -0.396 e. The van der Waals surface area contributed by atoms with Crippen LogP contribution in [0.2, 0.25) is 0 Å². The number of para-hydroxylation sites is 1. The Labute approximate surface area is 101 Å². The maximum Gasteiger partial charge on any atom is 0.0745 e. The number of hydrogen-bond donors (Lipinski definition) is 2. The maximum absolute atomic E-state index is 9.09. The summed E-state index contributed by atoms with van der Waals surface area (Å²) in [6.45, 7) is 3.54. The van der Waals surface area contributed by atoms with Crippen LogP contribution in [0.1, 0.15) is 6.92 Å². The molecule has 0 atom stereocenters. The van der Waals surface area contributed by atoms with E-state index in [0.29, 0.717) is 12.2 Å². The monoisotopic (exact) mass is 231 g/mol. The lowest BCUT2D eigenvalue weighted by Gasteiger charge is -2.25. The molecule has 0 unspecified atom stereocenters. The average molecular weight is 231 g/mol. The molecular weight excluding hydrogens is 214 g/mol. The fourth-order valence-corrected chi connectivity index (χ4v) is 2.04. The van der Waals surface area contributed by atoms with Crippen LogP contribution in [-0.4, -0.2) is 29.8 Å².